The molecule has 0 aliphatic heterocycles. The molecule has 0 radical (unpaired) electrons. The van der Waals surface area contributed by atoms with Gasteiger partial charge >= 0.3 is 0 Å². The molecule has 1 aliphatic rings. The van der Waals surface area contributed by atoms with Crippen LogP contribution >= 0.6 is 11.8 Å². The van der Waals surface area contributed by atoms with Crippen LogP contribution in [-0.2, 0) is 17.6 Å². The van der Waals surface area contributed by atoms with E-state index < -0.39 is 0 Å². The molecule has 1 heterocycles. The van der Waals surface area contributed by atoms with E-state index in [-0.39, 0.29) is 11.9 Å². The molecule has 4 nitrogen and oxygen atoms in total. The summed E-state index contributed by atoms with van der Waals surface area (Å²) in [6.45, 7) is 2.06. The number of imidazole rings is 1. The van der Waals surface area contributed by atoms with Crippen LogP contribution in [-0.4, -0.2) is 27.7 Å². The molecule has 2 N–H and O–H groups in total. The smallest absolute Gasteiger partial charge is 0.230 e. The van der Waals surface area contributed by atoms with Crippen LogP contribution in [0.2, 0.25) is 0 Å². The summed E-state index contributed by atoms with van der Waals surface area (Å²) in [6, 6.07) is 14.7. The van der Waals surface area contributed by atoms with Crippen LogP contribution in [0.25, 0.3) is 11.0 Å². The largest absolute Gasteiger partial charge is 0.352 e. The van der Waals surface area contributed by atoms with E-state index in [0.717, 1.165) is 29.0 Å². The van der Waals surface area contributed by atoms with Crippen molar-refractivity contribution in [1.82, 2.24) is 15.3 Å². The van der Waals surface area contributed by atoms with Crippen LogP contribution in [0.3, 0.4) is 0 Å². The Hall–Kier alpha value is -2.27. The Labute approximate surface area is 145 Å². The van der Waals surface area contributed by atoms with Crippen molar-refractivity contribution >= 4 is 28.7 Å². The van der Waals surface area contributed by atoms with E-state index in [1.165, 1.54) is 28.5 Å². The first-order valence-electron chi connectivity index (χ1n) is 8.13. The normalized spacial score (nSPS) is 14.0. The highest BCUT2D eigenvalue weighted by molar-refractivity contribution is 7.99. The third-order valence-electron chi connectivity index (χ3n) is 4.37. The van der Waals surface area contributed by atoms with E-state index in [4.69, 9.17) is 0 Å². The second-order valence-electron chi connectivity index (χ2n) is 6.29. The number of aromatic nitrogens is 2. The molecule has 5 heteroatoms. The van der Waals surface area contributed by atoms with Crippen molar-refractivity contribution in [3.8, 4) is 0 Å². The van der Waals surface area contributed by atoms with Gasteiger partial charge in [0.15, 0.2) is 5.16 Å². The topological polar surface area (TPSA) is 57.8 Å². The molecule has 0 atom stereocenters. The maximum atomic E-state index is 12.2. The van der Waals surface area contributed by atoms with Crippen molar-refractivity contribution in [3.05, 3.63) is 59.2 Å². The van der Waals surface area contributed by atoms with Gasteiger partial charge in [-0.05, 0) is 48.6 Å². The number of hydrogen-bond acceptors (Lipinski definition) is 3. The molecule has 0 fully saturated rings. The predicted molar refractivity (Wildman–Crippen MR) is 97.3 cm³/mol. The molecule has 0 unspecified atom stereocenters. The molecule has 3 aromatic rings. The molecule has 4 rings (SSSR count). The van der Waals surface area contributed by atoms with E-state index in [1.54, 1.807) is 0 Å². The summed E-state index contributed by atoms with van der Waals surface area (Å²) in [5.41, 5.74) is 5.85. The summed E-state index contributed by atoms with van der Waals surface area (Å²) in [7, 11) is 0. The number of benzene rings is 2. The van der Waals surface area contributed by atoms with Crippen molar-refractivity contribution in [1.29, 1.82) is 0 Å². The van der Waals surface area contributed by atoms with Crippen LogP contribution in [0.5, 0.6) is 0 Å². The van der Waals surface area contributed by atoms with Gasteiger partial charge in [0.1, 0.15) is 0 Å². The van der Waals surface area contributed by atoms with Gasteiger partial charge in [-0.1, -0.05) is 42.1 Å². The Kier molecular flexibility index (Phi) is 4.02. The van der Waals surface area contributed by atoms with Crippen molar-refractivity contribution in [2.24, 2.45) is 0 Å². The van der Waals surface area contributed by atoms with Crippen LogP contribution in [0.15, 0.2) is 47.6 Å². The standard InChI is InChI=1S/C19H19N3OS/c1-12-6-7-16-17(8-12)22-19(21-16)24-11-18(23)20-15-9-13-4-2-3-5-14(13)10-15/h2-8,15H,9-11H2,1H3,(H,20,23)(H,21,22). The highest BCUT2D eigenvalue weighted by Gasteiger charge is 2.22. The summed E-state index contributed by atoms with van der Waals surface area (Å²) in [4.78, 5) is 20.0. The van der Waals surface area contributed by atoms with E-state index in [1.807, 2.05) is 12.1 Å². The Bertz CT molecular complexity index is 878. The minimum atomic E-state index is 0.0643. The fraction of sp³-hybridized carbons (Fsp3) is 0.263. The number of rotatable bonds is 4. The number of aryl methyl sites for hydroxylation is 1. The van der Waals surface area contributed by atoms with Crippen molar-refractivity contribution in [2.75, 3.05) is 5.75 Å². The summed E-state index contributed by atoms with van der Waals surface area (Å²) in [5.74, 6) is 0.445. The molecule has 122 valence electrons. The lowest BCUT2D eigenvalue weighted by Gasteiger charge is -2.11. The molecule has 24 heavy (non-hydrogen) atoms. The van der Waals surface area contributed by atoms with Gasteiger partial charge in [0, 0.05) is 6.04 Å². The van der Waals surface area contributed by atoms with Crippen molar-refractivity contribution in [3.63, 3.8) is 0 Å². The molecular weight excluding hydrogens is 318 g/mol. The number of aromatic amines is 1. The van der Waals surface area contributed by atoms with Crippen LogP contribution in [0.1, 0.15) is 16.7 Å². The molecular formula is C19H19N3OS. The first kappa shape index (κ1) is 15.3. The number of thioether (sulfide) groups is 1. The molecule has 0 saturated carbocycles. The molecule has 2 aromatic carbocycles. The lowest BCUT2D eigenvalue weighted by Crippen LogP contribution is -2.36. The average Bonchev–Trinajstić information content (AvgIpc) is 3.15. The fourth-order valence-corrected chi connectivity index (χ4v) is 3.93. The van der Waals surface area contributed by atoms with E-state index in [9.17, 15) is 4.79 Å². The van der Waals surface area contributed by atoms with E-state index in [2.05, 4.69) is 52.5 Å². The van der Waals surface area contributed by atoms with Crippen molar-refractivity contribution < 1.29 is 4.79 Å². The van der Waals surface area contributed by atoms with Gasteiger partial charge in [-0.3, -0.25) is 4.79 Å². The lowest BCUT2D eigenvalue weighted by atomic mass is 10.1. The summed E-state index contributed by atoms with van der Waals surface area (Å²) in [5, 5.41) is 3.93. The molecule has 0 spiro atoms. The van der Waals surface area contributed by atoms with E-state index in [0.29, 0.717) is 5.75 Å². The number of hydrogen-bond donors (Lipinski definition) is 2. The number of carbonyl (C=O) groups excluding carboxylic acids is 1. The number of carbonyl (C=O) groups is 1. The fourth-order valence-electron chi connectivity index (χ4n) is 3.23. The highest BCUT2D eigenvalue weighted by Crippen LogP contribution is 2.23. The SMILES string of the molecule is Cc1ccc2nc(SCC(=O)NC3Cc4ccccc4C3)[nH]c2c1. The third kappa shape index (κ3) is 3.17. The van der Waals surface area contributed by atoms with Gasteiger partial charge in [0.05, 0.1) is 16.8 Å². The second kappa shape index (κ2) is 6.32. The monoisotopic (exact) mass is 337 g/mol. The number of nitrogens with one attached hydrogen (secondary N) is 2. The summed E-state index contributed by atoms with van der Waals surface area (Å²) >= 11 is 1.45. The molecule has 1 aliphatic carbocycles. The van der Waals surface area contributed by atoms with Gasteiger partial charge in [0.25, 0.3) is 0 Å². The van der Waals surface area contributed by atoms with Gasteiger partial charge in [-0.25, -0.2) is 4.98 Å². The van der Waals surface area contributed by atoms with Crippen molar-refractivity contribution in [2.45, 2.75) is 31.0 Å². The second-order valence-corrected chi connectivity index (χ2v) is 7.26. The number of H-pyrrole nitrogens is 1. The van der Waals surface area contributed by atoms with Gasteiger partial charge in [-0.15, -0.1) is 0 Å². The maximum Gasteiger partial charge on any atom is 0.230 e. The van der Waals surface area contributed by atoms with Gasteiger partial charge < -0.3 is 10.3 Å². The predicted octanol–water partition coefficient (Wildman–Crippen LogP) is 3.25. The van der Waals surface area contributed by atoms with Crippen LogP contribution < -0.4 is 5.32 Å². The Morgan fingerprint density at radius 2 is 2.00 bits per heavy atom. The molecule has 0 saturated heterocycles. The Morgan fingerprint density at radius 3 is 2.75 bits per heavy atom. The quantitative estimate of drug-likeness (QED) is 0.719. The number of fused-ring (bicyclic) bond motifs is 2. The zero-order valence-electron chi connectivity index (χ0n) is 13.5. The molecule has 1 amide bonds. The first-order chi connectivity index (χ1) is 11.7. The van der Waals surface area contributed by atoms with Gasteiger partial charge in [0.2, 0.25) is 5.91 Å². The Morgan fingerprint density at radius 1 is 1.25 bits per heavy atom. The average molecular weight is 337 g/mol. The lowest BCUT2D eigenvalue weighted by molar-refractivity contribution is -0.119. The summed E-state index contributed by atoms with van der Waals surface area (Å²) < 4.78 is 0. The zero-order chi connectivity index (χ0) is 16.5. The first-order valence-corrected chi connectivity index (χ1v) is 9.11. The zero-order valence-corrected chi connectivity index (χ0v) is 14.3. The molecule has 0 bridgehead atoms. The highest BCUT2D eigenvalue weighted by atomic mass is 32.2. The summed E-state index contributed by atoms with van der Waals surface area (Å²) in [6.07, 6.45) is 1.85. The molecule has 1 aromatic heterocycles. The number of amides is 1. The minimum Gasteiger partial charge on any atom is -0.352 e. The Balaban J connectivity index is 1.33. The number of nitrogens with zero attached hydrogens (tertiary/aromatic N) is 1. The van der Waals surface area contributed by atoms with Crippen LogP contribution in [0.4, 0.5) is 0 Å². The third-order valence-corrected chi connectivity index (χ3v) is 5.25. The van der Waals surface area contributed by atoms with Crippen LogP contribution in [0, 0.1) is 6.92 Å². The minimum absolute atomic E-state index is 0.0643. The maximum absolute atomic E-state index is 12.2. The van der Waals surface area contributed by atoms with Gasteiger partial charge in [-0.2, -0.15) is 0 Å². The van der Waals surface area contributed by atoms with E-state index >= 15 is 0 Å².